The lowest BCUT2D eigenvalue weighted by Crippen LogP contribution is -2.45. The topological polar surface area (TPSA) is 131 Å². The lowest BCUT2D eigenvalue weighted by Gasteiger charge is -2.35. The van der Waals surface area contributed by atoms with Crippen LogP contribution in [0.5, 0.6) is 23.0 Å². The fourth-order valence-corrected chi connectivity index (χ4v) is 6.20. The number of rotatable bonds is 10. The maximum atomic E-state index is 14.1. The highest BCUT2D eigenvalue weighted by Gasteiger charge is 2.36. The van der Waals surface area contributed by atoms with E-state index in [1.165, 1.54) is 33.3 Å². The van der Waals surface area contributed by atoms with Crippen molar-refractivity contribution in [2.45, 2.75) is 32.0 Å². The number of sulfonamides is 1. The Bertz CT molecular complexity index is 1860. The molecule has 1 fully saturated rings. The van der Waals surface area contributed by atoms with Gasteiger partial charge >= 0.3 is 12.2 Å². The van der Waals surface area contributed by atoms with Crippen molar-refractivity contribution in [1.82, 2.24) is 9.71 Å². The molecule has 2 amide bonds. The van der Waals surface area contributed by atoms with Gasteiger partial charge in [-0.2, -0.15) is 13.2 Å². The summed E-state index contributed by atoms with van der Waals surface area (Å²) < 4.78 is 85.6. The molecule has 250 valence electrons. The van der Waals surface area contributed by atoms with Crippen LogP contribution in [-0.2, 0) is 16.2 Å². The first-order chi connectivity index (χ1) is 22.4. The Kier molecular flexibility index (Phi) is 9.96. The van der Waals surface area contributed by atoms with Gasteiger partial charge in [0.2, 0.25) is 10.0 Å². The molecule has 4 aromatic rings. The molecular weight excluding hydrogens is 639 g/mol. The minimum absolute atomic E-state index is 0.0372. The number of carbonyl (C=O) groups excluding carboxylic acids is 1. The summed E-state index contributed by atoms with van der Waals surface area (Å²) in [5.41, 5.74) is -0.0417. The third-order valence-electron chi connectivity index (χ3n) is 7.65. The molecular formula is C32H34F3N5O6S. The maximum absolute atomic E-state index is 14.1. The quantitative estimate of drug-likeness (QED) is 0.171. The van der Waals surface area contributed by atoms with Crippen molar-refractivity contribution in [3.8, 4) is 23.0 Å². The zero-order chi connectivity index (χ0) is 33.8. The molecule has 1 saturated heterocycles. The van der Waals surface area contributed by atoms with Crippen molar-refractivity contribution in [3.05, 3.63) is 72.4 Å². The fourth-order valence-electron chi connectivity index (χ4n) is 5.29. The third-order valence-corrected chi connectivity index (χ3v) is 9.10. The van der Waals surface area contributed by atoms with Gasteiger partial charge in [-0.15, -0.1) is 0 Å². The molecule has 3 N–H and O–H groups in total. The van der Waals surface area contributed by atoms with Crippen LogP contribution in [0.2, 0.25) is 0 Å². The van der Waals surface area contributed by atoms with Crippen LogP contribution < -0.4 is 34.5 Å². The lowest BCUT2D eigenvalue weighted by molar-refractivity contribution is -0.137. The van der Waals surface area contributed by atoms with Crippen molar-refractivity contribution < 1.29 is 40.6 Å². The number of amides is 2. The average molecular weight is 674 g/mol. The van der Waals surface area contributed by atoms with E-state index in [1.807, 2.05) is 0 Å². The first-order valence-electron chi connectivity index (χ1n) is 14.7. The number of benzene rings is 3. The standard InChI is InChI=1S/C32H34F3N5O6S/c1-4-47(42,43)39-20-11-14-40(15-12-20)27-9-8-22(17-25(27)32(33,34)35)38-31(41)37-21-6-5-7-23(16-21)46-28-10-13-36-26-19-30(45-3)29(44-2)18-24(26)28/h5-10,13,16-20,39H,4,11-12,14-15H2,1-3H3,(H2,37,38,41). The second kappa shape index (κ2) is 13.9. The number of nitrogens with one attached hydrogen (secondary N) is 3. The van der Waals surface area contributed by atoms with E-state index in [-0.39, 0.29) is 36.3 Å². The van der Waals surface area contributed by atoms with E-state index >= 15 is 0 Å². The molecule has 0 unspecified atom stereocenters. The van der Waals surface area contributed by atoms with Crippen LogP contribution in [0, 0.1) is 0 Å². The number of fused-ring (bicyclic) bond motifs is 1. The zero-order valence-corrected chi connectivity index (χ0v) is 26.7. The van der Waals surface area contributed by atoms with Gasteiger partial charge in [0.1, 0.15) is 11.5 Å². The molecule has 1 aromatic heterocycles. The molecule has 47 heavy (non-hydrogen) atoms. The predicted molar refractivity (Wildman–Crippen MR) is 173 cm³/mol. The molecule has 15 heteroatoms. The minimum Gasteiger partial charge on any atom is -0.493 e. The van der Waals surface area contributed by atoms with Crippen LogP contribution in [-0.4, -0.2) is 58.5 Å². The van der Waals surface area contributed by atoms with Gasteiger partial charge in [-0.25, -0.2) is 17.9 Å². The smallest absolute Gasteiger partial charge is 0.418 e. The Hall–Kier alpha value is -4.76. The van der Waals surface area contributed by atoms with E-state index in [0.717, 1.165) is 6.07 Å². The summed E-state index contributed by atoms with van der Waals surface area (Å²) in [4.78, 5) is 18.8. The highest BCUT2D eigenvalue weighted by molar-refractivity contribution is 7.89. The number of piperidine rings is 1. The Morgan fingerprint density at radius 2 is 1.62 bits per heavy atom. The van der Waals surface area contributed by atoms with Crippen molar-refractivity contribution in [1.29, 1.82) is 0 Å². The summed E-state index contributed by atoms with van der Waals surface area (Å²) in [5.74, 6) is 1.80. The molecule has 0 spiro atoms. The highest BCUT2D eigenvalue weighted by Crippen LogP contribution is 2.40. The molecule has 0 saturated carbocycles. The number of hydrogen-bond acceptors (Lipinski definition) is 8. The summed E-state index contributed by atoms with van der Waals surface area (Å²) >= 11 is 0. The number of halogens is 3. The lowest BCUT2D eigenvalue weighted by atomic mass is 10.0. The van der Waals surface area contributed by atoms with Gasteiger partial charge in [0.25, 0.3) is 0 Å². The molecule has 0 aliphatic carbocycles. The van der Waals surface area contributed by atoms with Gasteiger partial charge < -0.3 is 29.7 Å². The van der Waals surface area contributed by atoms with Crippen molar-refractivity contribution in [2.24, 2.45) is 0 Å². The molecule has 2 heterocycles. The number of urea groups is 1. The molecule has 11 nitrogen and oxygen atoms in total. The van der Waals surface area contributed by atoms with Crippen molar-refractivity contribution in [2.75, 3.05) is 48.6 Å². The summed E-state index contributed by atoms with van der Waals surface area (Å²) in [6.45, 7) is 2.00. The van der Waals surface area contributed by atoms with E-state index < -0.39 is 27.8 Å². The first-order valence-corrected chi connectivity index (χ1v) is 16.4. The number of methoxy groups -OCH3 is 2. The third kappa shape index (κ3) is 8.16. The molecule has 0 bridgehead atoms. The Morgan fingerprint density at radius 3 is 2.28 bits per heavy atom. The first kappa shape index (κ1) is 33.6. The van der Waals surface area contributed by atoms with Crippen LogP contribution in [0.15, 0.2) is 66.9 Å². The van der Waals surface area contributed by atoms with Crippen LogP contribution in [0.4, 0.5) is 35.0 Å². The van der Waals surface area contributed by atoms with Crippen LogP contribution in [0.1, 0.15) is 25.3 Å². The number of ether oxygens (including phenoxy) is 3. The molecule has 1 aliphatic heterocycles. The SMILES string of the molecule is CCS(=O)(=O)NC1CCN(c2ccc(NC(=O)Nc3cccc(Oc4ccnc5cc(OC)c(OC)cc45)c3)cc2C(F)(F)F)CC1. The largest absolute Gasteiger partial charge is 0.493 e. The molecule has 3 aromatic carbocycles. The molecule has 0 atom stereocenters. The molecule has 0 radical (unpaired) electrons. The Morgan fingerprint density at radius 1 is 0.936 bits per heavy atom. The van der Waals surface area contributed by atoms with Crippen LogP contribution >= 0.6 is 0 Å². The van der Waals surface area contributed by atoms with Crippen molar-refractivity contribution in [3.63, 3.8) is 0 Å². The maximum Gasteiger partial charge on any atom is 0.418 e. The summed E-state index contributed by atoms with van der Waals surface area (Å²) in [7, 11) is -0.367. The van der Waals surface area contributed by atoms with Gasteiger partial charge in [-0.05, 0) is 62.2 Å². The van der Waals surface area contributed by atoms with E-state index in [4.69, 9.17) is 14.2 Å². The molecule has 1 aliphatic rings. The Balaban J connectivity index is 1.27. The second-order valence-corrected chi connectivity index (χ2v) is 12.8. The fraction of sp³-hybridized carbons (Fsp3) is 0.312. The van der Waals surface area contributed by atoms with Crippen molar-refractivity contribution >= 4 is 44.0 Å². The van der Waals surface area contributed by atoms with Crippen LogP contribution in [0.3, 0.4) is 0 Å². The number of alkyl halides is 3. The van der Waals surface area contributed by atoms with Crippen LogP contribution in [0.25, 0.3) is 10.9 Å². The van der Waals surface area contributed by atoms with Gasteiger partial charge in [0.15, 0.2) is 11.5 Å². The normalized spacial score (nSPS) is 14.1. The Labute approximate surface area is 270 Å². The van der Waals surface area contributed by atoms with Gasteiger partial charge in [-0.1, -0.05) is 6.07 Å². The van der Waals surface area contributed by atoms with E-state index in [1.54, 1.807) is 53.6 Å². The van der Waals surface area contributed by atoms with E-state index in [0.29, 0.717) is 52.4 Å². The minimum atomic E-state index is -4.69. The predicted octanol–water partition coefficient (Wildman–Crippen LogP) is 6.62. The number of hydrogen-bond donors (Lipinski definition) is 3. The molecule has 5 rings (SSSR count). The van der Waals surface area contributed by atoms with E-state index in [9.17, 15) is 26.4 Å². The summed E-state index contributed by atoms with van der Waals surface area (Å²) in [6.07, 6.45) is -2.38. The van der Waals surface area contributed by atoms with Gasteiger partial charge in [0, 0.05) is 59.9 Å². The average Bonchev–Trinajstić information content (AvgIpc) is 3.04. The van der Waals surface area contributed by atoms with Gasteiger partial charge in [0.05, 0.1) is 31.1 Å². The van der Waals surface area contributed by atoms with E-state index in [2.05, 4.69) is 20.3 Å². The summed E-state index contributed by atoms with van der Waals surface area (Å²) in [6, 6.07) is 14.2. The number of aromatic nitrogens is 1. The summed E-state index contributed by atoms with van der Waals surface area (Å²) in [5, 5.41) is 5.76. The monoisotopic (exact) mass is 673 g/mol. The number of carbonyl (C=O) groups is 1. The number of anilines is 3. The second-order valence-electron chi connectivity index (χ2n) is 10.8. The number of nitrogens with zero attached hydrogens (tertiary/aromatic N) is 2. The van der Waals surface area contributed by atoms with Gasteiger partial charge in [-0.3, -0.25) is 4.98 Å². The number of pyridine rings is 1. The zero-order valence-electron chi connectivity index (χ0n) is 25.8. The highest BCUT2D eigenvalue weighted by atomic mass is 32.2.